The number of epoxide rings is 1. The van der Waals surface area contributed by atoms with Crippen LogP contribution < -0.4 is 0 Å². The molecule has 0 amide bonds. The molecule has 1 rings (SSSR count). The first-order chi connectivity index (χ1) is 2.43. The third-order valence-electron chi connectivity index (χ3n) is 0.731. The lowest BCUT2D eigenvalue weighted by Gasteiger charge is -1.68. The average molecular weight is 71.1 g/mol. The Hall–Kier alpha value is -0.0400. The molecule has 5 heavy (non-hydrogen) atoms. The van der Waals surface area contributed by atoms with E-state index in [-0.39, 0.29) is 0 Å². The summed E-state index contributed by atoms with van der Waals surface area (Å²) in [6.07, 6.45) is 2.56. The van der Waals surface area contributed by atoms with Gasteiger partial charge < -0.3 is 4.74 Å². The highest BCUT2D eigenvalue weighted by atomic mass is 16.6. The van der Waals surface area contributed by atoms with Crippen LogP contribution >= 0.6 is 0 Å². The SMILES string of the molecule is C[CH]C1CO1. The summed E-state index contributed by atoms with van der Waals surface area (Å²) >= 11 is 0. The summed E-state index contributed by atoms with van der Waals surface area (Å²) in [7, 11) is 0. The van der Waals surface area contributed by atoms with Crippen molar-refractivity contribution < 1.29 is 4.74 Å². The minimum atomic E-state index is 0.509. The summed E-state index contributed by atoms with van der Waals surface area (Å²) < 4.78 is 4.80. The second-order valence-corrected chi connectivity index (χ2v) is 1.21. The fourth-order valence-electron chi connectivity index (χ4n) is 0.248. The highest BCUT2D eigenvalue weighted by Crippen LogP contribution is 2.09. The summed E-state index contributed by atoms with van der Waals surface area (Å²) in [6.45, 7) is 2.97. The Balaban J connectivity index is 2.00. The van der Waals surface area contributed by atoms with Crippen molar-refractivity contribution in [3.05, 3.63) is 6.42 Å². The summed E-state index contributed by atoms with van der Waals surface area (Å²) in [4.78, 5) is 0. The normalized spacial score (nSPS) is 34.2. The maximum absolute atomic E-state index is 4.80. The van der Waals surface area contributed by atoms with Crippen molar-refractivity contribution in [1.29, 1.82) is 0 Å². The Morgan fingerprint density at radius 1 is 2.00 bits per heavy atom. The fraction of sp³-hybridized carbons (Fsp3) is 0.750. The van der Waals surface area contributed by atoms with Crippen LogP contribution in [-0.2, 0) is 4.74 Å². The Morgan fingerprint density at radius 2 is 2.60 bits per heavy atom. The molecular weight excluding hydrogens is 64.0 g/mol. The molecule has 1 radical (unpaired) electrons. The summed E-state index contributed by atoms with van der Waals surface area (Å²) in [6, 6.07) is 0. The molecule has 1 fully saturated rings. The van der Waals surface area contributed by atoms with E-state index in [1.807, 2.05) is 6.92 Å². The Kier molecular flexibility index (Phi) is 0.618. The molecule has 1 aliphatic rings. The van der Waals surface area contributed by atoms with Crippen LogP contribution in [0.1, 0.15) is 6.92 Å². The van der Waals surface area contributed by atoms with E-state index in [9.17, 15) is 0 Å². The van der Waals surface area contributed by atoms with Crippen molar-refractivity contribution in [3.63, 3.8) is 0 Å². The Labute approximate surface area is 31.9 Å². The van der Waals surface area contributed by atoms with Crippen molar-refractivity contribution in [2.45, 2.75) is 13.0 Å². The van der Waals surface area contributed by atoms with Gasteiger partial charge in [-0.3, -0.25) is 0 Å². The quantitative estimate of drug-likeness (QED) is 0.412. The topological polar surface area (TPSA) is 12.5 Å². The zero-order valence-corrected chi connectivity index (χ0v) is 3.27. The molecule has 0 aromatic carbocycles. The van der Waals surface area contributed by atoms with Crippen molar-refractivity contribution in [2.75, 3.05) is 6.61 Å². The predicted molar refractivity (Wildman–Crippen MR) is 19.7 cm³/mol. The summed E-state index contributed by atoms with van der Waals surface area (Å²) in [5, 5.41) is 0. The summed E-state index contributed by atoms with van der Waals surface area (Å²) in [5.74, 6) is 0. The van der Waals surface area contributed by atoms with E-state index in [0.717, 1.165) is 6.61 Å². The minimum Gasteiger partial charge on any atom is -0.373 e. The molecular formula is C4H7O. The molecule has 1 heteroatoms. The van der Waals surface area contributed by atoms with E-state index in [1.165, 1.54) is 0 Å². The first-order valence-electron chi connectivity index (χ1n) is 1.84. The molecule has 0 aromatic rings. The molecule has 0 spiro atoms. The van der Waals surface area contributed by atoms with E-state index in [4.69, 9.17) is 4.74 Å². The summed E-state index contributed by atoms with van der Waals surface area (Å²) in [5.41, 5.74) is 0. The molecule has 29 valence electrons. The van der Waals surface area contributed by atoms with Crippen LogP contribution in [0.15, 0.2) is 0 Å². The minimum absolute atomic E-state index is 0.509. The number of rotatable bonds is 1. The van der Waals surface area contributed by atoms with Gasteiger partial charge in [0.25, 0.3) is 0 Å². The van der Waals surface area contributed by atoms with E-state index in [0.29, 0.717) is 6.10 Å². The van der Waals surface area contributed by atoms with E-state index >= 15 is 0 Å². The lowest BCUT2D eigenvalue weighted by atomic mass is 10.4. The second-order valence-electron chi connectivity index (χ2n) is 1.21. The predicted octanol–water partition coefficient (Wildman–Crippen LogP) is 0.609. The smallest absolute Gasteiger partial charge is 0.0838 e. The van der Waals surface area contributed by atoms with Gasteiger partial charge in [-0.15, -0.1) is 0 Å². The van der Waals surface area contributed by atoms with E-state index in [1.54, 1.807) is 0 Å². The molecule has 0 N–H and O–H groups in total. The van der Waals surface area contributed by atoms with Gasteiger partial charge in [-0.1, -0.05) is 6.92 Å². The van der Waals surface area contributed by atoms with Gasteiger partial charge in [0.2, 0.25) is 0 Å². The van der Waals surface area contributed by atoms with Crippen LogP contribution in [0.2, 0.25) is 0 Å². The van der Waals surface area contributed by atoms with E-state index < -0.39 is 0 Å². The Bertz CT molecular complexity index is 30.6. The van der Waals surface area contributed by atoms with Crippen molar-refractivity contribution in [3.8, 4) is 0 Å². The van der Waals surface area contributed by atoms with Crippen LogP contribution in [0.4, 0.5) is 0 Å². The third-order valence-corrected chi connectivity index (χ3v) is 0.731. The van der Waals surface area contributed by atoms with E-state index in [2.05, 4.69) is 6.42 Å². The maximum atomic E-state index is 4.80. The van der Waals surface area contributed by atoms with Gasteiger partial charge in [0.15, 0.2) is 0 Å². The van der Waals surface area contributed by atoms with Crippen LogP contribution in [0, 0.1) is 6.42 Å². The monoisotopic (exact) mass is 71.0 g/mol. The molecule has 0 saturated carbocycles. The molecule has 1 nitrogen and oxygen atoms in total. The van der Waals surface area contributed by atoms with Crippen LogP contribution in [-0.4, -0.2) is 12.7 Å². The highest BCUT2D eigenvalue weighted by Gasteiger charge is 2.18. The molecule has 1 atom stereocenters. The second kappa shape index (κ2) is 0.977. The van der Waals surface area contributed by atoms with Gasteiger partial charge in [0, 0.05) is 0 Å². The largest absolute Gasteiger partial charge is 0.373 e. The molecule has 0 bridgehead atoms. The van der Waals surface area contributed by atoms with Gasteiger partial charge in [0.05, 0.1) is 12.7 Å². The molecule has 0 aliphatic carbocycles. The van der Waals surface area contributed by atoms with Crippen molar-refractivity contribution in [2.24, 2.45) is 0 Å². The average Bonchev–Trinajstić information content (AvgIpc) is 2.12. The zero-order valence-electron chi connectivity index (χ0n) is 3.27. The standard InChI is InChI=1S/C4H7O/c1-2-4-3-5-4/h2,4H,3H2,1H3. The number of hydrogen-bond donors (Lipinski definition) is 0. The van der Waals surface area contributed by atoms with Gasteiger partial charge >= 0.3 is 0 Å². The molecule has 1 saturated heterocycles. The number of ether oxygens (including phenoxy) is 1. The first kappa shape index (κ1) is 3.16. The van der Waals surface area contributed by atoms with Crippen molar-refractivity contribution in [1.82, 2.24) is 0 Å². The van der Waals surface area contributed by atoms with Crippen LogP contribution in [0.25, 0.3) is 0 Å². The maximum Gasteiger partial charge on any atom is 0.0838 e. The van der Waals surface area contributed by atoms with Gasteiger partial charge in [-0.25, -0.2) is 0 Å². The zero-order chi connectivity index (χ0) is 3.70. The lowest BCUT2D eigenvalue weighted by Crippen LogP contribution is -1.74. The molecule has 0 aromatic heterocycles. The van der Waals surface area contributed by atoms with Gasteiger partial charge in [-0.05, 0) is 6.42 Å². The van der Waals surface area contributed by atoms with Crippen LogP contribution in [0.5, 0.6) is 0 Å². The van der Waals surface area contributed by atoms with Gasteiger partial charge in [-0.2, -0.15) is 0 Å². The first-order valence-corrected chi connectivity index (χ1v) is 1.84. The Morgan fingerprint density at radius 3 is 2.60 bits per heavy atom. The fourth-order valence-corrected chi connectivity index (χ4v) is 0.248. The molecule has 1 aliphatic heterocycles. The highest BCUT2D eigenvalue weighted by molar-refractivity contribution is 4.80. The molecule has 1 unspecified atom stereocenters. The van der Waals surface area contributed by atoms with Gasteiger partial charge in [0.1, 0.15) is 0 Å². The third kappa shape index (κ3) is 0.618. The van der Waals surface area contributed by atoms with Crippen LogP contribution in [0.3, 0.4) is 0 Å². The lowest BCUT2D eigenvalue weighted by molar-refractivity contribution is 0.430. The van der Waals surface area contributed by atoms with Crippen molar-refractivity contribution >= 4 is 0 Å². The number of hydrogen-bond acceptors (Lipinski definition) is 1. The molecule has 1 heterocycles.